The van der Waals surface area contributed by atoms with Crippen LogP contribution < -0.4 is 19.5 Å². The molecule has 1 atom stereocenters. The molecule has 0 saturated carbocycles. The maximum Gasteiger partial charge on any atom is 0.229 e. The fourth-order valence-electron chi connectivity index (χ4n) is 2.53. The van der Waals surface area contributed by atoms with Gasteiger partial charge >= 0.3 is 0 Å². The lowest BCUT2D eigenvalue weighted by Crippen LogP contribution is -2.33. The number of benzene rings is 2. The van der Waals surface area contributed by atoms with Crippen LogP contribution in [0.4, 0.5) is 11.4 Å². The molecule has 0 aliphatic rings. The Hall–Kier alpha value is -2.30. The summed E-state index contributed by atoms with van der Waals surface area (Å²) in [6, 6.07) is 14.1. The normalized spacial score (nSPS) is 12.9. The van der Waals surface area contributed by atoms with E-state index in [-0.39, 0.29) is 6.04 Å². The molecule has 3 N–H and O–H groups in total. The Labute approximate surface area is 172 Å². The summed E-state index contributed by atoms with van der Waals surface area (Å²) in [5, 5.41) is 3.37. The highest BCUT2D eigenvalue weighted by Crippen LogP contribution is 2.16. The highest BCUT2D eigenvalue weighted by molar-refractivity contribution is 7.92. The third-order valence-electron chi connectivity index (χ3n) is 3.82. The Kier molecular flexibility index (Phi) is 7.88. The van der Waals surface area contributed by atoms with Crippen LogP contribution in [0.1, 0.15) is 12.5 Å². The van der Waals surface area contributed by atoms with Crippen LogP contribution >= 0.6 is 0 Å². The molecule has 0 bridgehead atoms. The van der Waals surface area contributed by atoms with Crippen LogP contribution in [-0.4, -0.2) is 48.5 Å². The van der Waals surface area contributed by atoms with Crippen molar-refractivity contribution in [3.8, 4) is 5.75 Å². The molecule has 0 heterocycles. The van der Waals surface area contributed by atoms with Crippen molar-refractivity contribution in [1.82, 2.24) is 5.32 Å². The zero-order chi connectivity index (χ0) is 21.5. The molecule has 1 unspecified atom stereocenters. The Balaban J connectivity index is 1.71. The first-order valence-electron chi connectivity index (χ1n) is 9.01. The predicted molar refractivity (Wildman–Crippen MR) is 116 cm³/mol. The van der Waals surface area contributed by atoms with Crippen molar-refractivity contribution < 1.29 is 21.6 Å². The summed E-state index contributed by atoms with van der Waals surface area (Å²) in [5.41, 5.74) is 2.13. The van der Waals surface area contributed by atoms with Crippen LogP contribution in [0.2, 0.25) is 0 Å². The van der Waals surface area contributed by atoms with Crippen LogP contribution in [0.3, 0.4) is 0 Å². The maximum absolute atomic E-state index is 11.2. The molecule has 2 rings (SSSR count). The molecule has 0 aromatic heterocycles. The maximum atomic E-state index is 11.2. The number of rotatable bonds is 11. The Morgan fingerprint density at radius 3 is 1.79 bits per heavy atom. The third kappa shape index (κ3) is 9.64. The summed E-state index contributed by atoms with van der Waals surface area (Å²) >= 11 is 0. The lowest BCUT2D eigenvalue weighted by molar-refractivity contribution is 0.274. The zero-order valence-corrected chi connectivity index (χ0v) is 18.3. The van der Waals surface area contributed by atoms with E-state index in [4.69, 9.17) is 4.74 Å². The van der Waals surface area contributed by atoms with Crippen LogP contribution in [0.25, 0.3) is 0 Å². The molecule has 0 fully saturated rings. The highest BCUT2D eigenvalue weighted by Gasteiger charge is 2.05. The molecule has 8 nitrogen and oxygen atoms in total. The monoisotopic (exact) mass is 441 g/mol. The van der Waals surface area contributed by atoms with Crippen LogP contribution in [0.15, 0.2) is 48.5 Å². The summed E-state index contributed by atoms with van der Waals surface area (Å²) in [4.78, 5) is 0. The summed E-state index contributed by atoms with van der Waals surface area (Å²) in [6.07, 6.45) is 3.02. The minimum Gasteiger partial charge on any atom is -0.492 e. The van der Waals surface area contributed by atoms with Gasteiger partial charge in [-0.2, -0.15) is 0 Å². The molecule has 0 radical (unpaired) electrons. The van der Waals surface area contributed by atoms with E-state index in [9.17, 15) is 16.8 Å². The van der Waals surface area contributed by atoms with Crippen LogP contribution in [0, 0.1) is 0 Å². The van der Waals surface area contributed by atoms with Gasteiger partial charge in [0.15, 0.2) is 0 Å². The van der Waals surface area contributed by atoms with E-state index >= 15 is 0 Å². The minimum atomic E-state index is -3.29. The minimum absolute atomic E-state index is 0.120. The van der Waals surface area contributed by atoms with Crippen molar-refractivity contribution in [2.45, 2.75) is 19.4 Å². The zero-order valence-electron chi connectivity index (χ0n) is 16.7. The van der Waals surface area contributed by atoms with Crippen molar-refractivity contribution >= 4 is 31.4 Å². The van der Waals surface area contributed by atoms with Gasteiger partial charge in [-0.05, 0) is 61.9 Å². The number of hydrogen-bond donors (Lipinski definition) is 3. The molecule has 160 valence electrons. The van der Waals surface area contributed by atoms with Gasteiger partial charge < -0.3 is 10.1 Å². The van der Waals surface area contributed by atoms with Gasteiger partial charge in [-0.1, -0.05) is 12.1 Å². The molecule has 2 aromatic carbocycles. The molecule has 0 amide bonds. The number of nitrogens with one attached hydrogen (secondary N) is 3. The van der Waals surface area contributed by atoms with Crippen molar-refractivity contribution in [2.75, 3.05) is 35.1 Å². The lowest BCUT2D eigenvalue weighted by Gasteiger charge is -2.15. The number of anilines is 2. The SMILES string of the molecule is CC(COc1ccc(NS(C)(=O)=O)cc1)NCCc1ccc(NS(C)(=O)=O)cc1. The lowest BCUT2D eigenvalue weighted by atomic mass is 10.1. The average molecular weight is 442 g/mol. The average Bonchev–Trinajstić information content (AvgIpc) is 2.60. The van der Waals surface area contributed by atoms with Crippen molar-refractivity contribution in [3.05, 3.63) is 54.1 Å². The van der Waals surface area contributed by atoms with Crippen molar-refractivity contribution in [2.24, 2.45) is 0 Å². The van der Waals surface area contributed by atoms with Gasteiger partial charge in [0.05, 0.1) is 12.5 Å². The smallest absolute Gasteiger partial charge is 0.229 e. The van der Waals surface area contributed by atoms with E-state index in [2.05, 4.69) is 14.8 Å². The molecular weight excluding hydrogens is 414 g/mol. The van der Waals surface area contributed by atoms with E-state index in [0.717, 1.165) is 31.0 Å². The van der Waals surface area contributed by atoms with Crippen molar-refractivity contribution in [1.29, 1.82) is 0 Å². The summed E-state index contributed by atoms with van der Waals surface area (Å²) in [6.45, 7) is 3.23. The first kappa shape index (κ1) is 23.0. The standard InChI is InChI=1S/C19H27N3O5S2/c1-15(14-27-19-10-8-18(9-11-19)22-29(3,25)26)20-13-12-16-4-6-17(7-5-16)21-28(2,23)24/h4-11,15,20-22H,12-14H2,1-3H3. The Bertz CT molecular complexity index is 989. The largest absolute Gasteiger partial charge is 0.492 e. The topological polar surface area (TPSA) is 114 Å². The van der Waals surface area contributed by atoms with Gasteiger partial charge in [0.25, 0.3) is 0 Å². The third-order valence-corrected chi connectivity index (χ3v) is 5.03. The summed E-state index contributed by atoms with van der Waals surface area (Å²) in [7, 11) is -6.56. The number of sulfonamides is 2. The van der Waals surface area contributed by atoms with E-state index < -0.39 is 20.0 Å². The van der Waals surface area contributed by atoms with E-state index in [1.165, 1.54) is 0 Å². The molecule has 29 heavy (non-hydrogen) atoms. The number of hydrogen-bond acceptors (Lipinski definition) is 6. The van der Waals surface area contributed by atoms with Crippen molar-refractivity contribution in [3.63, 3.8) is 0 Å². The molecule has 0 aliphatic carbocycles. The predicted octanol–water partition coefficient (Wildman–Crippen LogP) is 2.03. The van der Waals surface area contributed by atoms with Crippen LogP contribution in [-0.2, 0) is 26.5 Å². The molecule has 0 saturated heterocycles. The molecular formula is C19H27N3O5S2. The second-order valence-corrected chi connectivity index (χ2v) is 10.4. The van der Waals surface area contributed by atoms with Gasteiger partial charge in [0.1, 0.15) is 12.4 Å². The Morgan fingerprint density at radius 1 is 0.828 bits per heavy atom. The summed E-state index contributed by atoms with van der Waals surface area (Å²) in [5.74, 6) is 0.659. The molecule has 0 spiro atoms. The molecule has 0 aliphatic heterocycles. The second kappa shape index (κ2) is 9.95. The van der Waals surface area contributed by atoms with Gasteiger partial charge in [0, 0.05) is 17.4 Å². The van der Waals surface area contributed by atoms with E-state index in [0.29, 0.717) is 23.7 Å². The van der Waals surface area contributed by atoms with E-state index in [1.54, 1.807) is 36.4 Å². The fraction of sp³-hybridized carbons (Fsp3) is 0.368. The van der Waals surface area contributed by atoms with Crippen LogP contribution in [0.5, 0.6) is 5.75 Å². The highest BCUT2D eigenvalue weighted by atomic mass is 32.2. The molecule has 10 heteroatoms. The fourth-order valence-corrected chi connectivity index (χ4v) is 3.66. The number of ether oxygens (including phenoxy) is 1. The molecule has 2 aromatic rings. The first-order chi connectivity index (χ1) is 13.5. The first-order valence-corrected chi connectivity index (χ1v) is 12.8. The quantitative estimate of drug-likeness (QED) is 0.492. The summed E-state index contributed by atoms with van der Waals surface area (Å²) < 4.78 is 55.4. The van der Waals surface area contributed by atoms with Gasteiger partial charge in [-0.3, -0.25) is 9.44 Å². The van der Waals surface area contributed by atoms with Gasteiger partial charge in [-0.15, -0.1) is 0 Å². The van der Waals surface area contributed by atoms with Gasteiger partial charge in [-0.25, -0.2) is 16.8 Å². The van der Waals surface area contributed by atoms with Gasteiger partial charge in [0.2, 0.25) is 20.0 Å². The second-order valence-electron chi connectivity index (χ2n) is 6.89. The Morgan fingerprint density at radius 2 is 1.31 bits per heavy atom. The van der Waals surface area contributed by atoms with E-state index in [1.807, 2.05) is 19.1 Å².